The molecule has 0 bridgehead atoms. The molecule has 1 aliphatic heterocycles. The zero-order valence-corrected chi connectivity index (χ0v) is 9.98. The largest absolute Gasteiger partial charge is 0.369 e. The van der Waals surface area contributed by atoms with Crippen molar-refractivity contribution in [3.05, 3.63) is 0 Å². The zero-order chi connectivity index (χ0) is 12.3. The summed E-state index contributed by atoms with van der Waals surface area (Å²) < 4.78 is 0. The molecule has 0 saturated carbocycles. The van der Waals surface area contributed by atoms with Crippen LogP contribution in [0.3, 0.4) is 0 Å². The average molecular weight is 227 g/mol. The minimum atomic E-state index is -0.452. The molecule has 92 valence electrons. The molecule has 2 atom stereocenters. The maximum Gasteiger partial charge on any atom is 0.239 e. The van der Waals surface area contributed by atoms with Gasteiger partial charge >= 0.3 is 0 Å². The number of carbonyl (C=O) groups excluding carboxylic acids is 2. The maximum absolute atomic E-state index is 11.9. The normalized spacial score (nSPS) is 22.5. The minimum Gasteiger partial charge on any atom is -0.369 e. The molecule has 4 N–H and O–H groups in total. The van der Waals surface area contributed by atoms with E-state index in [0.717, 1.165) is 0 Å². The molecule has 0 aliphatic carbocycles. The van der Waals surface area contributed by atoms with E-state index in [1.54, 1.807) is 4.90 Å². The number of nitrogens with zero attached hydrogens (tertiary/aromatic N) is 1. The number of primary amides is 1. The Morgan fingerprint density at radius 3 is 2.50 bits per heavy atom. The summed E-state index contributed by atoms with van der Waals surface area (Å²) >= 11 is 0. The van der Waals surface area contributed by atoms with Gasteiger partial charge < -0.3 is 16.4 Å². The lowest BCUT2D eigenvalue weighted by Gasteiger charge is -2.21. The summed E-state index contributed by atoms with van der Waals surface area (Å²) in [6, 6.07) is -0.452. The third-order valence-electron chi connectivity index (χ3n) is 2.94. The molecule has 0 spiro atoms. The van der Waals surface area contributed by atoms with Crippen molar-refractivity contribution in [2.24, 2.45) is 23.3 Å². The summed E-state index contributed by atoms with van der Waals surface area (Å²) in [5, 5.41) is 0. The summed E-state index contributed by atoms with van der Waals surface area (Å²) in [4.78, 5) is 24.5. The fourth-order valence-corrected chi connectivity index (χ4v) is 2.04. The Morgan fingerprint density at radius 1 is 1.44 bits per heavy atom. The van der Waals surface area contributed by atoms with Gasteiger partial charge in [-0.25, -0.2) is 0 Å². The lowest BCUT2D eigenvalue weighted by Crippen LogP contribution is -2.43. The van der Waals surface area contributed by atoms with Crippen LogP contribution in [0.5, 0.6) is 0 Å². The number of amides is 2. The smallest absolute Gasteiger partial charge is 0.239 e. The highest BCUT2D eigenvalue weighted by atomic mass is 16.2. The van der Waals surface area contributed by atoms with Crippen LogP contribution in [0.4, 0.5) is 0 Å². The fourth-order valence-electron chi connectivity index (χ4n) is 2.04. The molecule has 0 radical (unpaired) electrons. The predicted molar refractivity (Wildman–Crippen MR) is 61.3 cm³/mol. The Labute approximate surface area is 96.1 Å². The molecule has 2 amide bonds. The Kier molecular flexibility index (Phi) is 4.29. The second-order valence-electron chi connectivity index (χ2n) is 4.91. The molecule has 5 nitrogen and oxygen atoms in total. The Balaban J connectivity index is 2.47. The van der Waals surface area contributed by atoms with Crippen LogP contribution in [0.15, 0.2) is 0 Å². The summed E-state index contributed by atoms with van der Waals surface area (Å²) in [5.41, 5.74) is 11.0. The number of carbonyl (C=O) groups is 2. The molecule has 1 aliphatic rings. The molecule has 1 heterocycles. The van der Waals surface area contributed by atoms with Gasteiger partial charge in [0.25, 0.3) is 0 Å². The second kappa shape index (κ2) is 5.30. The van der Waals surface area contributed by atoms with Gasteiger partial charge in [-0.05, 0) is 18.8 Å². The van der Waals surface area contributed by atoms with Crippen molar-refractivity contribution >= 4 is 11.8 Å². The Bertz CT molecular complexity index is 278. The molecule has 16 heavy (non-hydrogen) atoms. The van der Waals surface area contributed by atoms with Gasteiger partial charge in [-0.15, -0.1) is 0 Å². The van der Waals surface area contributed by atoms with Gasteiger partial charge in [0.1, 0.15) is 0 Å². The molecule has 1 rings (SSSR count). The van der Waals surface area contributed by atoms with E-state index in [9.17, 15) is 9.59 Å². The van der Waals surface area contributed by atoms with Crippen LogP contribution in [0.2, 0.25) is 0 Å². The van der Waals surface area contributed by atoms with E-state index in [-0.39, 0.29) is 17.7 Å². The SMILES string of the molecule is CC(C)C[C@H](N)C(=O)N1CCC(C(N)=O)C1. The van der Waals surface area contributed by atoms with E-state index in [1.807, 2.05) is 13.8 Å². The van der Waals surface area contributed by atoms with Gasteiger partial charge in [-0.3, -0.25) is 9.59 Å². The van der Waals surface area contributed by atoms with Crippen molar-refractivity contribution in [3.8, 4) is 0 Å². The van der Waals surface area contributed by atoms with Crippen LogP contribution in [-0.4, -0.2) is 35.8 Å². The number of likely N-dealkylation sites (tertiary alicyclic amines) is 1. The van der Waals surface area contributed by atoms with Crippen LogP contribution >= 0.6 is 0 Å². The highest BCUT2D eigenvalue weighted by Crippen LogP contribution is 2.17. The molecule has 0 aromatic heterocycles. The molecule has 1 saturated heterocycles. The second-order valence-corrected chi connectivity index (χ2v) is 4.91. The van der Waals surface area contributed by atoms with Crippen molar-refractivity contribution in [1.82, 2.24) is 4.90 Å². The van der Waals surface area contributed by atoms with Crippen LogP contribution in [0.25, 0.3) is 0 Å². The van der Waals surface area contributed by atoms with E-state index >= 15 is 0 Å². The molecular formula is C11H21N3O2. The van der Waals surface area contributed by atoms with Crippen molar-refractivity contribution < 1.29 is 9.59 Å². The molecule has 0 aromatic rings. The average Bonchev–Trinajstić information content (AvgIpc) is 2.64. The number of nitrogens with two attached hydrogens (primary N) is 2. The first kappa shape index (κ1) is 13.0. The van der Waals surface area contributed by atoms with Crippen LogP contribution in [0.1, 0.15) is 26.7 Å². The van der Waals surface area contributed by atoms with E-state index in [1.165, 1.54) is 0 Å². The van der Waals surface area contributed by atoms with Gasteiger partial charge in [0.05, 0.1) is 12.0 Å². The van der Waals surface area contributed by atoms with Crippen molar-refractivity contribution in [3.63, 3.8) is 0 Å². The van der Waals surface area contributed by atoms with Crippen LogP contribution in [-0.2, 0) is 9.59 Å². The summed E-state index contributed by atoms with van der Waals surface area (Å²) in [7, 11) is 0. The van der Waals surface area contributed by atoms with Gasteiger partial charge in [-0.1, -0.05) is 13.8 Å². The Hall–Kier alpha value is -1.10. The van der Waals surface area contributed by atoms with Crippen molar-refractivity contribution in [2.45, 2.75) is 32.7 Å². The molecule has 1 unspecified atom stereocenters. The summed E-state index contributed by atoms with van der Waals surface area (Å²) in [6.07, 6.45) is 1.34. The van der Waals surface area contributed by atoms with Gasteiger partial charge in [0.15, 0.2) is 0 Å². The molecular weight excluding hydrogens is 206 g/mol. The monoisotopic (exact) mass is 227 g/mol. The first-order valence-electron chi connectivity index (χ1n) is 5.75. The zero-order valence-electron chi connectivity index (χ0n) is 9.98. The van der Waals surface area contributed by atoms with E-state index < -0.39 is 6.04 Å². The Morgan fingerprint density at radius 2 is 2.06 bits per heavy atom. The summed E-state index contributed by atoms with van der Waals surface area (Å²) in [5.74, 6) is -0.186. The number of rotatable bonds is 4. The van der Waals surface area contributed by atoms with Gasteiger partial charge in [0.2, 0.25) is 11.8 Å². The van der Waals surface area contributed by atoms with E-state index in [4.69, 9.17) is 11.5 Å². The van der Waals surface area contributed by atoms with E-state index in [2.05, 4.69) is 0 Å². The molecule has 1 fully saturated rings. The lowest BCUT2D eigenvalue weighted by atomic mass is 10.0. The highest BCUT2D eigenvalue weighted by molar-refractivity contribution is 5.84. The van der Waals surface area contributed by atoms with Crippen LogP contribution < -0.4 is 11.5 Å². The predicted octanol–water partition coefficient (Wildman–Crippen LogP) is -0.306. The van der Waals surface area contributed by atoms with Gasteiger partial charge in [-0.2, -0.15) is 0 Å². The standard InChI is InChI=1S/C11H21N3O2/c1-7(2)5-9(12)11(16)14-4-3-8(6-14)10(13)15/h7-9H,3-6,12H2,1-2H3,(H2,13,15)/t8?,9-/m0/s1. The lowest BCUT2D eigenvalue weighted by molar-refractivity contribution is -0.132. The molecule has 0 aromatic carbocycles. The maximum atomic E-state index is 11.9. The van der Waals surface area contributed by atoms with Crippen LogP contribution in [0, 0.1) is 11.8 Å². The topological polar surface area (TPSA) is 89.4 Å². The number of hydrogen-bond donors (Lipinski definition) is 2. The number of hydrogen-bond acceptors (Lipinski definition) is 3. The van der Waals surface area contributed by atoms with Gasteiger partial charge in [0, 0.05) is 13.1 Å². The van der Waals surface area contributed by atoms with E-state index in [0.29, 0.717) is 31.8 Å². The third kappa shape index (κ3) is 3.20. The third-order valence-corrected chi connectivity index (χ3v) is 2.94. The quantitative estimate of drug-likeness (QED) is 0.690. The first-order chi connectivity index (χ1) is 7.41. The molecule has 5 heteroatoms. The highest BCUT2D eigenvalue weighted by Gasteiger charge is 2.31. The first-order valence-corrected chi connectivity index (χ1v) is 5.75. The van der Waals surface area contributed by atoms with Crippen molar-refractivity contribution in [1.29, 1.82) is 0 Å². The minimum absolute atomic E-state index is 0.0579. The van der Waals surface area contributed by atoms with Crippen molar-refractivity contribution in [2.75, 3.05) is 13.1 Å². The summed E-state index contributed by atoms with van der Waals surface area (Å²) in [6.45, 7) is 5.09. The fraction of sp³-hybridized carbons (Fsp3) is 0.818.